The summed E-state index contributed by atoms with van der Waals surface area (Å²) in [6, 6.07) is 14.1. The fourth-order valence-electron chi connectivity index (χ4n) is 2.61. The molecule has 0 radical (unpaired) electrons. The number of nitrogens with zero attached hydrogens (tertiary/aromatic N) is 4. The van der Waals surface area contributed by atoms with E-state index in [4.69, 9.17) is 9.97 Å². The Hall–Kier alpha value is -2.73. The molecule has 3 heterocycles. The summed E-state index contributed by atoms with van der Waals surface area (Å²) in [6.07, 6.45) is 4.77. The molecule has 1 aromatic carbocycles. The normalized spacial score (nSPS) is 11.0. The van der Waals surface area contributed by atoms with Crippen LogP contribution in [0.5, 0.6) is 0 Å². The van der Waals surface area contributed by atoms with Gasteiger partial charge >= 0.3 is 0 Å². The Bertz CT molecular complexity index is 916. The second-order valence-corrected chi connectivity index (χ2v) is 6.39. The molecular formula is C18H17N5S. The molecule has 3 aromatic heterocycles. The molecule has 5 nitrogen and oxygen atoms in total. The summed E-state index contributed by atoms with van der Waals surface area (Å²) in [5.41, 5.74) is 0.963. The van der Waals surface area contributed by atoms with Crippen LogP contribution in [-0.2, 0) is 6.54 Å². The van der Waals surface area contributed by atoms with E-state index in [1.165, 1.54) is 0 Å². The van der Waals surface area contributed by atoms with Crippen LogP contribution in [0, 0.1) is 0 Å². The summed E-state index contributed by atoms with van der Waals surface area (Å²) in [4.78, 5) is 10.5. The zero-order chi connectivity index (χ0) is 16.2. The minimum atomic E-state index is 0.776. The van der Waals surface area contributed by atoms with Gasteiger partial charge in [-0.15, -0.1) is 11.3 Å². The van der Waals surface area contributed by atoms with Crippen molar-refractivity contribution in [3.05, 3.63) is 60.2 Å². The quantitative estimate of drug-likeness (QED) is 0.540. The molecule has 120 valence electrons. The van der Waals surface area contributed by atoms with Crippen molar-refractivity contribution in [2.24, 2.45) is 0 Å². The minimum absolute atomic E-state index is 0.776. The smallest absolute Gasteiger partial charge is 0.172 e. The lowest BCUT2D eigenvalue weighted by Gasteiger charge is -2.10. The number of aromatic nitrogens is 4. The summed E-state index contributed by atoms with van der Waals surface area (Å²) < 4.78 is 1.94. The van der Waals surface area contributed by atoms with Crippen LogP contribution < -0.4 is 5.32 Å². The fraction of sp³-hybridized carbons (Fsp3) is 0.167. The molecule has 0 unspecified atom stereocenters. The average Bonchev–Trinajstić information content (AvgIpc) is 3.32. The van der Waals surface area contributed by atoms with Crippen LogP contribution in [0.1, 0.15) is 6.42 Å². The first-order valence-electron chi connectivity index (χ1n) is 7.92. The highest BCUT2D eigenvalue weighted by atomic mass is 32.1. The Balaban J connectivity index is 1.56. The predicted octanol–water partition coefficient (Wildman–Crippen LogP) is 4.06. The van der Waals surface area contributed by atoms with Gasteiger partial charge in [-0.3, -0.25) is 4.68 Å². The number of thiophene rings is 1. The van der Waals surface area contributed by atoms with E-state index in [9.17, 15) is 0 Å². The highest BCUT2D eigenvalue weighted by Gasteiger charge is 2.09. The molecule has 24 heavy (non-hydrogen) atoms. The van der Waals surface area contributed by atoms with E-state index >= 15 is 0 Å². The minimum Gasteiger partial charge on any atom is -0.369 e. The van der Waals surface area contributed by atoms with Gasteiger partial charge in [0.05, 0.1) is 10.4 Å². The van der Waals surface area contributed by atoms with Crippen LogP contribution in [0.2, 0.25) is 0 Å². The van der Waals surface area contributed by atoms with Crippen molar-refractivity contribution in [1.82, 2.24) is 19.7 Å². The zero-order valence-corrected chi connectivity index (χ0v) is 13.9. The molecule has 0 aliphatic rings. The van der Waals surface area contributed by atoms with E-state index in [1.807, 2.05) is 46.6 Å². The first kappa shape index (κ1) is 14.8. The van der Waals surface area contributed by atoms with E-state index in [0.717, 1.165) is 46.9 Å². The van der Waals surface area contributed by atoms with Crippen LogP contribution in [0.15, 0.2) is 60.2 Å². The summed E-state index contributed by atoms with van der Waals surface area (Å²) in [6.45, 7) is 1.73. The van der Waals surface area contributed by atoms with Crippen LogP contribution in [-0.4, -0.2) is 26.3 Å². The molecule has 0 aliphatic carbocycles. The van der Waals surface area contributed by atoms with Crippen LogP contribution in [0.25, 0.3) is 21.6 Å². The van der Waals surface area contributed by atoms with Gasteiger partial charge in [0, 0.05) is 30.9 Å². The van der Waals surface area contributed by atoms with Crippen molar-refractivity contribution in [2.45, 2.75) is 13.0 Å². The fourth-order valence-corrected chi connectivity index (χ4v) is 3.27. The number of rotatable bonds is 6. The SMILES string of the molecule is c1csc(-c2nc(NCCCn3cccn3)c3ccccc3n2)c1. The molecule has 0 aliphatic heterocycles. The second kappa shape index (κ2) is 6.80. The number of aryl methyl sites for hydroxylation is 1. The summed E-state index contributed by atoms with van der Waals surface area (Å²) in [5, 5.41) is 10.8. The maximum Gasteiger partial charge on any atom is 0.172 e. The van der Waals surface area contributed by atoms with Crippen molar-refractivity contribution in [3.8, 4) is 10.7 Å². The third-order valence-electron chi connectivity index (χ3n) is 3.76. The van der Waals surface area contributed by atoms with Gasteiger partial charge in [0.25, 0.3) is 0 Å². The molecule has 0 bridgehead atoms. The molecule has 6 heteroatoms. The van der Waals surface area contributed by atoms with Gasteiger partial charge in [-0.1, -0.05) is 18.2 Å². The number of hydrogen-bond donors (Lipinski definition) is 1. The Labute approximate surface area is 144 Å². The maximum absolute atomic E-state index is 4.74. The Morgan fingerprint density at radius 2 is 2.00 bits per heavy atom. The van der Waals surface area contributed by atoms with Crippen LogP contribution in [0.3, 0.4) is 0 Å². The van der Waals surface area contributed by atoms with Crippen LogP contribution in [0.4, 0.5) is 5.82 Å². The Morgan fingerprint density at radius 3 is 2.83 bits per heavy atom. The van der Waals surface area contributed by atoms with E-state index in [-0.39, 0.29) is 0 Å². The predicted molar refractivity (Wildman–Crippen MR) is 98.2 cm³/mol. The Morgan fingerprint density at radius 1 is 1.04 bits per heavy atom. The molecule has 4 rings (SSSR count). The number of para-hydroxylation sites is 1. The number of benzene rings is 1. The van der Waals surface area contributed by atoms with Crippen molar-refractivity contribution < 1.29 is 0 Å². The lowest BCUT2D eigenvalue weighted by molar-refractivity contribution is 0.591. The van der Waals surface area contributed by atoms with Gasteiger partial charge in [-0.25, -0.2) is 9.97 Å². The molecule has 0 amide bonds. The molecule has 0 fully saturated rings. The van der Waals surface area contributed by atoms with Gasteiger partial charge in [-0.05, 0) is 36.1 Å². The maximum atomic E-state index is 4.74. The molecule has 4 aromatic rings. The molecular weight excluding hydrogens is 318 g/mol. The number of anilines is 1. The largest absolute Gasteiger partial charge is 0.369 e. The first-order valence-corrected chi connectivity index (χ1v) is 8.80. The van der Waals surface area contributed by atoms with E-state index in [1.54, 1.807) is 17.5 Å². The molecule has 0 spiro atoms. The van der Waals surface area contributed by atoms with Crippen molar-refractivity contribution in [2.75, 3.05) is 11.9 Å². The van der Waals surface area contributed by atoms with Crippen LogP contribution >= 0.6 is 11.3 Å². The zero-order valence-electron chi connectivity index (χ0n) is 13.1. The highest BCUT2D eigenvalue weighted by Crippen LogP contribution is 2.27. The van der Waals surface area contributed by atoms with E-state index in [2.05, 4.69) is 22.5 Å². The third-order valence-corrected chi connectivity index (χ3v) is 4.63. The van der Waals surface area contributed by atoms with E-state index < -0.39 is 0 Å². The lowest BCUT2D eigenvalue weighted by atomic mass is 10.2. The topological polar surface area (TPSA) is 55.6 Å². The first-order chi connectivity index (χ1) is 11.9. The highest BCUT2D eigenvalue weighted by molar-refractivity contribution is 7.13. The number of fused-ring (bicyclic) bond motifs is 1. The summed E-state index contributed by atoms with van der Waals surface area (Å²) >= 11 is 1.66. The van der Waals surface area contributed by atoms with Gasteiger partial charge in [0.2, 0.25) is 0 Å². The van der Waals surface area contributed by atoms with Gasteiger partial charge in [-0.2, -0.15) is 5.10 Å². The van der Waals surface area contributed by atoms with Crippen molar-refractivity contribution in [3.63, 3.8) is 0 Å². The molecule has 0 atom stereocenters. The van der Waals surface area contributed by atoms with Gasteiger partial charge < -0.3 is 5.32 Å². The summed E-state index contributed by atoms with van der Waals surface area (Å²) in [7, 11) is 0. The van der Waals surface area contributed by atoms with Crippen molar-refractivity contribution in [1.29, 1.82) is 0 Å². The van der Waals surface area contributed by atoms with Gasteiger partial charge in [0.1, 0.15) is 5.82 Å². The second-order valence-electron chi connectivity index (χ2n) is 5.44. The van der Waals surface area contributed by atoms with E-state index in [0.29, 0.717) is 0 Å². The molecule has 0 saturated heterocycles. The standard InChI is InChI=1S/C18H17N5S/c1-2-7-15-14(6-1)17(19-9-4-11-23-12-5-10-20-23)22-18(21-15)16-8-3-13-24-16/h1-3,5-8,10,12-13H,4,9,11H2,(H,19,21,22). The lowest BCUT2D eigenvalue weighted by Crippen LogP contribution is -2.09. The average molecular weight is 335 g/mol. The Kier molecular flexibility index (Phi) is 4.20. The monoisotopic (exact) mass is 335 g/mol. The molecule has 0 saturated carbocycles. The van der Waals surface area contributed by atoms with Crippen molar-refractivity contribution >= 4 is 28.1 Å². The number of hydrogen-bond acceptors (Lipinski definition) is 5. The number of nitrogens with one attached hydrogen (secondary N) is 1. The molecule has 1 N–H and O–H groups in total. The summed E-state index contributed by atoms with van der Waals surface area (Å²) in [5.74, 6) is 1.67. The van der Waals surface area contributed by atoms with Gasteiger partial charge in [0.15, 0.2) is 5.82 Å². The third kappa shape index (κ3) is 3.14.